The molecule has 0 spiro atoms. The molecule has 0 amide bonds. The standard InChI is InChI=1S/C14H22ClNS/c1-10-6-4-3-5-7-13(10)16-11(2)12-8-14(15)17-9-12/h8-11,13,16H,3-7H2,1-2H3. The van der Waals surface area contributed by atoms with Crippen LogP contribution in [0.1, 0.15) is 57.6 Å². The number of hydrogen-bond donors (Lipinski definition) is 1. The maximum Gasteiger partial charge on any atom is 0.0931 e. The van der Waals surface area contributed by atoms with Gasteiger partial charge in [-0.1, -0.05) is 37.8 Å². The van der Waals surface area contributed by atoms with Crippen molar-refractivity contribution in [2.24, 2.45) is 5.92 Å². The number of halogens is 1. The van der Waals surface area contributed by atoms with Crippen molar-refractivity contribution in [2.75, 3.05) is 0 Å². The van der Waals surface area contributed by atoms with Gasteiger partial charge in [0.1, 0.15) is 0 Å². The predicted molar refractivity (Wildman–Crippen MR) is 76.9 cm³/mol. The Morgan fingerprint density at radius 2 is 2.12 bits per heavy atom. The summed E-state index contributed by atoms with van der Waals surface area (Å²) >= 11 is 7.62. The molecule has 1 aromatic heterocycles. The minimum atomic E-state index is 0.421. The molecule has 0 aliphatic heterocycles. The van der Waals surface area contributed by atoms with Gasteiger partial charge in [0.25, 0.3) is 0 Å². The Hall–Kier alpha value is -0.0500. The molecule has 3 atom stereocenters. The molecule has 3 unspecified atom stereocenters. The molecule has 0 bridgehead atoms. The molecule has 1 N–H and O–H groups in total. The lowest BCUT2D eigenvalue weighted by Crippen LogP contribution is -2.36. The van der Waals surface area contributed by atoms with E-state index in [2.05, 4.69) is 30.6 Å². The summed E-state index contributed by atoms with van der Waals surface area (Å²) in [6, 6.07) is 3.18. The zero-order chi connectivity index (χ0) is 12.3. The largest absolute Gasteiger partial charge is 0.307 e. The summed E-state index contributed by atoms with van der Waals surface area (Å²) in [6.07, 6.45) is 6.87. The highest BCUT2D eigenvalue weighted by atomic mass is 35.5. The normalized spacial score (nSPS) is 27.7. The molecule has 3 heteroatoms. The van der Waals surface area contributed by atoms with Crippen molar-refractivity contribution in [2.45, 2.75) is 58.0 Å². The molecule has 1 heterocycles. The van der Waals surface area contributed by atoms with Crippen molar-refractivity contribution in [3.63, 3.8) is 0 Å². The van der Waals surface area contributed by atoms with Gasteiger partial charge in [-0.25, -0.2) is 0 Å². The molecular weight excluding hydrogens is 250 g/mol. The fourth-order valence-corrected chi connectivity index (χ4v) is 3.69. The Balaban J connectivity index is 1.94. The first-order chi connectivity index (χ1) is 8.16. The predicted octanol–water partition coefficient (Wildman–Crippen LogP) is 5.02. The van der Waals surface area contributed by atoms with Crippen LogP contribution < -0.4 is 5.32 Å². The van der Waals surface area contributed by atoms with Gasteiger partial charge in [-0.3, -0.25) is 0 Å². The first kappa shape index (κ1) is 13.4. The van der Waals surface area contributed by atoms with Crippen LogP contribution in [0.5, 0.6) is 0 Å². The van der Waals surface area contributed by atoms with Crippen molar-refractivity contribution in [3.05, 3.63) is 21.3 Å². The summed E-state index contributed by atoms with van der Waals surface area (Å²) in [7, 11) is 0. The molecular formula is C14H22ClNS. The van der Waals surface area contributed by atoms with Gasteiger partial charge in [0.15, 0.2) is 0 Å². The van der Waals surface area contributed by atoms with Gasteiger partial charge in [-0.2, -0.15) is 0 Å². The average Bonchev–Trinajstić information content (AvgIpc) is 2.63. The highest BCUT2D eigenvalue weighted by Gasteiger charge is 2.21. The summed E-state index contributed by atoms with van der Waals surface area (Å²) in [5, 5.41) is 5.95. The second kappa shape index (κ2) is 6.21. The van der Waals surface area contributed by atoms with Crippen molar-refractivity contribution >= 4 is 22.9 Å². The maximum absolute atomic E-state index is 5.99. The zero-order valence-corrected chi connectivity index (χ0v) is 12.3. The van der Waals surface area contributed by atoms with Crippen LogP contribution in [0.2, 0.25) is 4.34 Å². The minimum Gasteiger partial charge on any atom is -0.307 e. The van der Waals surface area contributed by atoms with Crippen LogP contribution in [0.4, 0.5) is 0 Å². The fourth-order valence-electron chi connectivity index (χ4n) is 2.71. The molecule has 1 saturated carbocycles. The van der Waals surface area contributed by atoms with Crippen LogP contribution in [-0.2, 0) is 0 Å². The van der Waals surface area contributed by atoms with Crippen molar-refractivity contribution in [1.82, 2.24) is 5.32 Å². The highest BCUT2D eigenvalue weighted by Crippen LogP contribution is 2.28. The number of nitrogens with one attached hydrogen (secondary N) is 1. The van der Waals surface area contributed by atoms with Crippen LogP contribution in [0.3, 0.4) is 0 Å². The van der Waals surface area contributed by atoms with Gasteiger partial charge in [0, 0.05) is 12.1 Å². The lowest BCUT2D eigenvalue weighted by Gasteiger charge is -2.26. The van der Waals surface area contributed by atoms with E-state index in [1.165, 1.54) is 37.7 Å². The summed E-state index contributed by atoms with van der Waals surface area (Å²) in [5.74, 6) is 0.800. The number of thiophene rings is 1. The van der Waals surface area contributed by atoms with Crippen LogP contribution in [0, 0.1) is 5.92 Å². The first-order valence-electron chi connectivity index (χ1n) is 6.67. The second-order valence-corrected chi connectivity index (χ2v) is 6.84. The smallest absolute Gasteiger partial charge is 0.0931 e. The van der Waals surface area contributed by atoms with E-state index in [-0.39, 0.29) is 0 Å². The lowest BCUT2D eigenvalue weighted by atomic mass is 9.95. The lowest BCUT2D eigenvalue weighted by molar-refractivity contribution is 0.330. The Labute approximate surface area is 114 Å². The molecule has 17 heavy (non-hydrogen) atoms. The summed E-state index contributed by atoms with van der Waals surface area (Å²) in [4.78, 5) is 0. The molecule has 1 aromatic rings. The van der Waals surface area contributed by atoms with E-state index in [1.54, 1.807) is 11.3 Å². The average molecular weight is 272 g/mol. The third-order valence-electron chi connectivity index (χ3n) is 3.91. The molecule has 0 radical (unpaired) electrons. The van der Waals surface area contributed by atoms with Crippen molar-refractivity contribution in [3.8, 4) is 0 Å². The maximum atomic E-state index is 5.99. The van der Waals surface area contributed by atoms with Crippen LogP contribution in [-0.4, -0.2) is 6.04 Å². The van der Waals surface area contributed by atoms with Gasteiger partial charge < -0.3 is 5.32 Å². The molecule has 0 saturated heterocycles. The zero-order valence-electron chi connectivity index (χ0n) is 10.7. The summed E-state index contributed by atoms with van der Waals surface area (Å²) in [6.45, 7) is 4.63. The summed E-state index contributed by atoms with van der Waals surface area (Å²) < 4.78 is 0.891. The van der Waals surface area contributed by atoms with E-state index in [4.69, 9.17) is 11.6 Å². The Kier molecular flexibility index (Phi) is 4.89. The van der Waals surface area contributed by atoms with E-state index in [1.807, 2.05) is 0 Å². The molecule has 1 aliphatic rings. The highest BCUT2D eigenvalue weighted by molar-refractivity contribution is 7.14. The van der Waals surface area contributed by atoms with E-state index in [0.29, 0.717) is 12.1 Å². The van der Waals surface area contributed by atoms with E-state index in [9.17, 15) is 0 Å². The van der Waals surface area contributed by atoms with Gasteiger partial charge in [-0.15, -0.1) is 11.3 Å². The SMILES string of the molecule is CC(NC1CCCCCC1C)c1csc(Cl)c1. The molecule has 96 valence electrons. The van der Waals surface area contributed by atoms with Gasteiger partial charge in [0.05, 0.1) is 4.34 Å². The second-order valence-electron chi connectivity index (χ2n) is 5.29. The van der Waals surface area contributed by atoms with Crippen LogP contribution >= 0.6 is 22.9 Å². The van der Waals surface area contributed by atoms with Gasteiger partial charge >= 0.3 is 0 Å². The Morgan fingerprint density at radius 1 is 1.35 bits per heavy atom. The van der Waals surface area contributed by atoms with Gasteiger partial charge in [-0.05, 0) is 42.7 Å². The molecule has 1 nitrogen and oxygen atoms in total. The number of rotatable bonds is 3. The third-order valence-corrected chi connectivity index (χ3v) is 5.02. The number of hydrogen-bond acceptors (Lipinski definition) is 2. The molecule has 2 rings (SSSR count). The van der Waals surface area contributed by atoms with Gasteiger partial charge in [0.2, 0.25) is 0 Å². The molecule has 0 aromatic carbocycles. The monoisotopic (exact) mass is 271 g/mol. The van der Waals surface area contributed by atoms with E-state index >= 15 is 0 Å². The van der Waals surface area contributed by atoms with Crippen molar-refractivity contribution in [1.29, 1.82) is 0 Å². The third kappa shape index (κ3) is 3.70. The van der Waals surface area contributed by atoms with Crippen molar-refractivity contribution < 1.29 is 0 Å². The van der Waals surface area contributed by atoms with E-state index in [0.717, 1.165) is 10.3 Å². The van der Waals surface area contributed by atoms with E-state index < -0.39 is 0 Å². The topological polar surface area (TPSA) is 12.0 Å². The molecule has 1 fully saturated rings. The van der Waals surface area contributed by atoms with Crippen LogP contribution in [0.15, 0.2) is 11.4 Å². The molecule has 1 aliphatic carbocycles. The van der Waals surface area contributed by atoms with Crippen LogP contribution in [0.25, 0.3) is 0 Å². The Bertz CT molecular complexity index is 350. The summed E-state index contributed by atoms with van der Waals surface area (Å²) in [5.41, 5.74) is 1.33. The minimum absolute atomic E-state index is 0.421. The quantitative estimate of drug-likeness (QED) is 0.761. The Morgan fingerprint density at radius 3 is 2.82 bits per heavy atom. The fraction of sp³-hybridized carbons (Fsp3) is 0.714. The first-order valence-corrected chi connectivity index (χ1v) is 7.92.